The number of nitrogens with zero attached hydrogens (tertiary/aromatic N) is 1. The number of aryl methyl sites for hydroxylation is 2. The number of carbonyl (C=O) groups is 1. The van der Waals surface area contributed by atoms with E-state index < -0.39 is 5.92 Å². The molecule has 3 nitrogen and oxygen atoms in total. The first kappa shape index (κ1) is 14.2. The maximum atomic E-state index is 11.9. The molecule has 18 heavy (non-hydrogen) atoms. The summed E-state index contributed by atoms with van der Waals surface area (Å²) in [6, 6.07) is 7.90. The monoisotopic (exact) mass is 244 g/mol. The van der Waals surface area contributed by atoms with Gasteiger partial charge in [0.25, 0.3) is 0 Å². The van der Waals surface area contributed by atoms with Gasteiger partial charge in [0.15, 0.2) is 0 Å². The average Bonchev–Trinajstić information content (AvgIpc) is 2.29. The number of carbonyl (C=O) groups excluding carboxylic acids is 1. The van der Waals surface area contributed by atoms with Gasteiger partial charge < -0.3 is 5.32 Å². The lowest BCUT2D eigenvalue weighted by Crippen LogP contribution is -2.25. The Morgan fingerprint density at radius 1 is 1.44 bits per heavy atom. The zero-order valence-corrected chi connectivity index (χ0v) is 11.4. The Balaban J connectivity index is 2.83. The molecule has 0 spiro atoms. The third-order valence-electron chi connectivity index (χ3n) is 3.08. The summed E-state index contributed by atoms with van der Waals surface area (Å²) in [6.07, 6.45) is 0.979. The lowest BCUT2D eigenvalue weighted by atomic mass is 9.96. The van der Waals surface area contributed by atoms with Gasteiger partial charge in [-0.05, 0) is 42.5 Å². The number of anilines is 1. The van der Waals surface area contributed by atoms with Crippen LogP contribution in [0.15, 0.2) is 18.2 Å². The second kappa shape index (κ2) is 6.20. The van der Waals surface area contributed by atoms with Crippen molar-refractivity contribution in [2.45, 2.75) is 34.1 Å². The van der Waals surface area contributed by atoms with Gasteiger partial charge in [-0.2, -0.15) is 5.26 Å². The SMILES string of the molecule is CCc1ccc(NC(=O)C(C#N)C(C)C)cc1C. The van der Waals surface area contributed by atoms with E-state index in [4.69, 9.17) is 5.26 Å². The Kier molecular flexibility index (Phi) is 4.91. The van der Waals surface area contributed by atoms with Crippen LogP contribution in [0.4, 0.5) is 5.69 Å². The van der Waals surface area contributed by atoms with E-state index in [1.165, 1.54) is 5.56 Å². The van der Waals surface area contributed by atoms with Gasteiger partial charge in [-0.25, -0.2) is 0 Å². The first-order valence-electron chi connectivity index (χ1n) is 6.29. The largest absolute Gasteiger partial charge is 0.325 e. The lowest BCUT2D eigenvalue weighted by molar-refractivity contribution is -0.119. The molecule has 0 aliphatic heterocycles. The molecule has 0 radical (unpaired) electrons. The molecule has 3 heteroatoms. The van der Waals surface area contributed by atoms with Crippen molar-refractivity contribution in [1.29, 1.82) is 5.26 Å². The summed E-state index contributed by atoms with van der Waals surface area (Å²) in [5.41, 5.74) is 3.19. The molecule has 0 saturated carbocycles. The fourth-order valence-electron chi connectivity index (χ4n) is 1.90. The van der Waals surface area contributed by atoms with E-state index in [2.05, 4.69) is 12.2 Å². The highest BCUT2D eigenvalue weighted by Crippen LogP contribution is 2.18. The molecule has 0 saturated heterocycles. The second-order valence-electron chi connectivity index (χ2n) is 4.83. The number of rotatable bonds is 4. The zero-order valence-electron chi connectivity index (χ0n) is 11.4. The zero-order chi connectivity index (χ0) is 13.7. The van der Waals surface area contributed by atoms with Crippen molar-refractivity contribution in [3.8, 4) is 6.07 Å². The van der Waals surface area contributed by atoms with Crippen LogP contribution >= 0.6 is 0 Å². The van der Waals surface area contributed by atoms with Crippen LogP contribution in [-0.4, -0.2) is 5.91 Å². The number of nitriles is 1. The van der Waals surface area contributed by atoms with Gasteiger partial charge in [0, 0.05) is 5.69 Å². The molecule has 1 rings (SSSR count). The first-order chi connectivity index (χ1) is 8.49. The number of nitrogens with one attached hydrogen (secondary N) is 1. The second-order valence-corrected chi connectivity index (χ2v) is 4.83. The van der Waals surface area contributed by atoms with Crippen LogP contribution < -0.4 is 5.32 Å². The third-order valence-corrected chi connectivity index (χ3v) is 3.08. The fourth-order valence-corrected chi connectivity index (χ4v) is 1.90. The highest BCUT2D eigenvalue weighted by Gasteiger charge is 2.21. The van der Waals surface area contributed by atoms with Crippen LogP contribution in [0, 0.1) is 30.1 Å². The number of benzene rings is 1. The number of amides is 1. The Hall–Kier alpha value is -1.82. The molecule has 1 aromatic rings. The summed E-state index contributed by atoms with van der Waals surface area (Å²) in [5, 5.41) is 11.8. The molecule has 1 unspecified atom stereocenters. The molecule has 0 fully saturated rings. The number of hydrogen-bond donors (Lipinski definition) is 1. The van der Waals surface area contributed by atoms with Crippen molar-refractivity contribution in [2.24, 2.45) is 11.8 Å². The van der Waals surface area contributed by atoms with Crippen LogP contribution in [-0.2, 0) is 11.2 Å². The summed E-state index contributed by atoms with van der Waals surface area (Å²) in [6.45, 7) is 7.88. The quantitative estimate of drug-likeness (QED) is 0.883. The third kappa shape index (κ3) is 3.33. The van der Waals surface area contributed by atoms with Crippen molar-refractivity contribution in [2.75, 3.05) is 5.32 Å². The Morgan fingerprint density at radius 2 is 2.11 bits per heavy atom. The molecular formula is C15H20N2O. The smallest absolute Gasteiger partial charge is 0.241 e. The molecule has 1 N–H and O–H groups in total. The minimum Gasteiger partial charge on any atom is -0.325 e. The van der Waals surface area contributed by atoms with Gasteiger partial charge in [0.1, 0.15) is 5.92 Å². The average molecular weight is 244 g/mol. The Morgan fingerprint density at radius 3 is 2.56 bits per heavy atom. The van der Waals surface area contributed by atoms with E-state index in [9.17, 15) is 4.79 Å². The van der Waals surface area contributed by atoms with Crippen LogP contribution in [0.25, 0.3) is 0 Å². The molecule has 0 aliphatic carbocycles. The molecule has 1 amide bonds. The van der Waals surface area contributed by atoms with Crippen molar-refractivity contribution < 1.29 is 4.79 Å². The lowest BCUT2D eigenvalue weighted by Gasteiger charge is -2.14. The summed E-state index contributed by atoms with van der Waals surface area (Å²) >= 11 is 0. The van der Waals surface area contributed by atoms with E-state index in [-0.39, 0.29) is 11.8 Å². The van der Waals surface area contributed by atoms with Gasteiger partial charge in [0.2, 0.25) is 5.91 Å². The highest BCUT2D eigenvalue weighted by atomic mass is 16.1. The predicted octanol–water partition coefficient (Wildman–Crippen LogP) is 3.29. The van der Waals surface area contributed by atoms with Gasteiger partial charge >= 0.3 is 0 Å². The van der Waals surface area contributed by atoms with E-state index in [1.54, 1.807) is 0 Å². The van der Waals surface area contributed by atoms with E-state index in [0.717, 1.165) is 17.7 Å². The molecule has 1 atom stereocenters. The van der Waals surface area contributed by atoms with Crippen molar-refractivity contribution in [3.63, 3.8) is 0 Å². The van der Waals surface area contributed by atoms with E-state index in [1.807, 2.05) is 45.0 Å². The van der Waals surface area contributed by atoms with Crippen molar-refractivity contribution in [1.82, 2.24) is 0 Å². The van der Waals surface area contributed by atoms with Gasteiger partial charge in [-0.1, -0.05) is 26.8 Å². The fraction of sp³-hybridized carbons (Fsp3) is 0.467. The summed E-state index contributed by atoms with van der Waals surface area (Å²) in [7, 11) is 0. The normalized spacial score (nSPS) is 12.0. The minimum absolute atomic E-state index is 0.0195. The van der Waals surface area contributed by atoms with Crippen LogP contribution in [0.3, 0.4) is 0 Å². The Labute approximate surface area is 109 Å². The standard InChI is InChI=1S/C15H20N2O/c1-5-12-6-7-13(8-11(12)4)17-15(18)14(9-16)10(2)3/h6-8,10,14H,5H2,1-4H3,(H,17,18). The van der Waals surface area contributed by atoms with Crippen molar-refractivity contribution in [3.05, 3.63) is 29.3 Å². The maximum absolute atomic E-state index is 11.9. The summed E-state index contributed by atoms with van der Waals surface area (Å²) in [5.74, 6) is -0.807. The molecular weight excluding hydrogens is 224 g/mol. The topological polar surface area (TPSA) is 52.9 Å². The van der Waals surface area contributed by atoms with E-state index in [0.29, 0.717) is 0 Å². The maximum Gasteiger partial charge on any atom is 0.241 e. The predicted molar refractivity (Wildman–Crippen MR) is 73.1 cm³/mol. The molecule has 0 aromatic heterocycles. The Bertz CT molecular complexity index is 472. The van der Waals surface area contributed by atoms with Crippen LogP contribution in [0.5, 0.6) is 0 Å². The van der Waals surface area contributed by atoms with Crippen LogP contribution in [0.2, 0.25) is 0 Å². The highest BCUT2D eigenvalue weighted by molar-refractivity contribution is 5.94. The molecule has 96 valence electrons. The van der Waals surface area contributed by atoms with E-state index >= 15 is 0 Å². The minimum atomic E-state index is -0.601. The molecule has 0 aliphatic rings. The number of hydrogen-bond acceptors (Lipinski definition) is 2. The summed E-state index contributed by atoms with van der Waals surface area (Å²) in [4.78, 5) is 11.9. The molecule has 1 aromatic carbocycles. The van der Waals surface area contributed by atoms with Crippen molar-refractivity contribution >= 4 is 11.6 Å². The van der Waals surface area contributed by atoms with Gasteiger partial charge in [-0.15, -0.1) is 0 Å². The van der Waals surface area contributed by atoms with Crippen LogP contribution in [0.1, 0.15) is 31.9 Å². The molecule has 0 bridgehead atoms. The first-order valence-corrected chi connectivity index (χ1v) is 6.29. The van der Waals surface area contributed by atoms with Gasteiger partial charge in [-0.3, -0.25) is 4.79 Å². The molecule has 0 heterocycles. The summed E-state index contributed by atoms with van der Waals surface area (Å²) < 4.78 is 0. The van der Waals surface area contributed by atoms with Gasteiger partial charge in [0.05, 0.1) is 6.07 Å².